The summed E-state index contributed by atoms with van der Waals surface area (Å²) in [5.74, 6) is 0. The first-order valence-corrected chi connectivity index (χ1v) is 3.84. The van der Waals surface area contributed by atoms with Crippen molar-refractivity contribution in [3.05, 3.63) is 17.5 Å². The number of aryl methyl sites for hydroxylation is 3. The van der Waals surface area contributed by atoms with Crippen molar-refractivity contribution in [2.45, 2.75) is 19.8 Å². The molecule has 0 saturated heterocycles. The van der Waals surface area contributed by atoms with Crippen LogP contribution in [0.25, 0.3) is 0 Å². The van der Waals surface area contributed by atoms with Crippen molar-refractivity contribution in [2.24, 2.45) is 7.05 Å². The number of aromatic nitrogens is 2. The predicted molar refractivity (Wildman–Crippen MR) is 43.4 cm³/mol. The minimum absolute atomic E-state index is 0.254. The van der Waals surface area contributed by atoms with Crippen molar-refractivity contribution in [2.75, 3.05) is 6.61 Å². The number of hydrogen-bond acceptors (Lipinski definition) is 2. The van der Waals surface area contributed by atoms with E-state index in [-0.39, 0.29) is 6.61 Å². The van der Waals surface area contributed by atoms with Gasteiger partial charge in [0.2, 0.25) is 0 Å². The molecule has 1 aromatic heterocycles. The molecular formula is C8H14N2O. The fourth-order valence-electron chi connectivity index (χ4n) is 1.16. The van der Waals surface area contributed by atoms with E-state index in [1.807, 2.05) is 18.7 Å². The Bertz CT molecular complexity index is 230. The van der Waals surface area contributed by atoms with Gasteiger partial charge in [-0.25, -0.2) is 0 Å². The lowest BCUT2D eigenvalue weighted by Crippen LogP contribution is -1.99. The number of aliphatic hydroxyl groups excluding tert-OH is 1. The summed E-state index contributed by atoms with van der Waals surface area (Å²) in [4.78, 5) is 0. The van der Waals surface area contributed by atoms with Gasteiger partial charge in [-0.15, -0.1) is 0 Å². The van der Waals surface area contributed by atoms with E-state index in [9.17, 15) is 0 Å². The zero-order chi connectivity index (χ0) is 8.27. The van der Waals surface area contributed by atoms with Crippen LogP contribution in [0.2, 0.25) is 0 Å². The van der Waals surface area contributed by atoms with Crippen LogP contribution in [0.5, 0.6) is 0 Å². The summed E-state index contributed by atoms with van der Waals surface area (Å²) in [5.41, 5.74) is 2.23. The Morgan fingerprint density at radius 1 is 1.64 bits per heavy atom. The number of aliphatic hydroxyl groups is 1. The van der Waals surface area contributed by atoms with E-state index < -0.39 is 0 Å². The van der Waals surface area contributed by atoms with Crippen LogP contribution in [-0.4, -0.2) is 21.5 Å². The highest BCUT2D eigenvalue weighted by molar-refractivity contribution is 5.08. The molecule has 3 heteroatoms. The molecule has 0 unspecified atom stereocenters. The summed E-state index contributed by atoms with van der Waals surface area (Å²) in [7, 11) is 1.93. The fraction of sp³-hybridized carbons (Fsp3) is 0.625. The fourth-order valence-corrected chi connectivity index (χ4v) is 1.16. The van der Waals surface area contributed by atoms with Gasteiger partial charge in [-0.3, -0.25) is 4.68 Å². The Morgan fingerprint density at radius 2 is 2.36 bits per heavy atom. The molecule has 0 radical (unpaired) electrons. The molecule has 0 spiro atoms. The SMILES string of the molecule is Cc1cc(CCCO)n(C)n1. The smallest absolute Gasteiger partial charge is 0.0596 e. The summed E-state index contributed by atoms with van der Waals surface area (Å²) < 4.78 is 1.87. The van der Waals surface area contributed by atoms with Crippen molar-refractivity contribution < 1.29 is 5.11 Å². The van der Waals surface area contributed by atoms with E-state index in [1.54, 1.807) is 0 Å². The average molecular weight is 154 g/mol. The zero-order valence-electron chi connectivity index (χ0n) is 7.04. The van der Waals surface area contributed by atoms with Gasteiger partial charge in [0.25, 0.3) is 0 Å². The van der Waals surface area contributed by atoms with Crippen LogP contribution in [-0.2, 0) is 13.5 Å². The lowest BCUT2D eigenvalue weighted by molar-refractivity contribution is 0.287. The molecule has 0 fully saturated rings. The van der Waals surface area contributed by atoms with Crippen molar-refractivity contribution in [1.82, 2.24) is 9.78 Å². The molecule has 0 saturated carbocycles. The Labute approximate surface area is 66.7 Å². The van der Waals surface area contributed by atoms with Gasteiger partial charge in [0, 0.05) is 19.3 Å². The monoisotopic (exact) mass is 154 g/mol. The van der Waals surface area contributed by atoms with Crippen LogP contribution in [0.4, 0.5) is 0 Å². The first kappa shape index (κ1) is 8.27. The minimum atomic E-state index is 0.254. The van der Waals surface area contributed by atoms with Crippen molar-refractivity contribution in [3.63, 3.8) is 0 Å². The maximum atomic E-state index is 8.60. The average Bonchev–Trinajstić information content (AvgIpc) is 2.26. The summed E-state index contributed by atoms with van der Waals surface area (Å²) in [6, 6.07) is 2.05. The predicted octanol–water partition coefficient (Wildman–Crippen LogP) is 0.653. The highest BCUT2D eigenvalue weighted by Gasteiger charge is 1.99. The van der Waals surface area contributed by atoms with E-state index in [1.165, 1.54) is 5.69 Å². The van der Waals surface area contributed by atoms with Crippen LogP contribution in [0.3, 0.4) is 0 Å². The molecule has 0 aromatic carbocycles. The molecule has 1 N–H and O–H groups in total. The molecule has 0 aliphatic rings. The first-order chi connectivity index (χ1) is 5.24. The Morgan fingerprint density at radius 3 is 2.82 bits per heavy atom. The van der Waals surface area contributed by atoms with Crippen LogP contribution in [0, 0.1) is 6.92 Å². The molecule has 0 atom stereocenters. The molecule has 62 valence electrons. The highest BCUT2D eigenvalue weighted by atomic mass is 16.2. The third-order valence-corrected chi connectivity index (χ3v) is 1.69. The second kappa shape index (κ2) is 3.53. The Balaban J connectivity index is 2.62. The van der Waals surface area contributed by atoms with E-state index in [4.69, 9.17) is 5.11 Å². The molecule has 0 aliphatic heterocycles. The molecule has 0 amide bonds. The van der Waals surface area contributed by atoms with Gasteiger partial charge >= 0.3 is 0 Å². The molecule has 0 bridgehead atoms. The van der Waals surface area contributed by atoms with Gasteiger partial charge in [0.05, 0.1) is 5.69 Å². The third-order valence-electron chi connectivity index (χ3n) is 1.69. The van der Waals surface area contributed by atoms with E-state index in [0.29, 0.717) is 0 Å². The summed E-state index contributed by atoms with van der Waals surface area (Å²) in [5, 5.41) is 12.8. The molecule has 1 heterocycles. The highest BCUT2D eigenvalue weighted by Crippen LogP contribution is 2.03. The summed E-state index contributed by atoms with van der Waals surface area (Å²) in [6.07, 6.45) is 1.73. The molecule has 1 rings (SSSR count). The zero-order valence-corrected chi connectivity index (χ0v) is 7.04. The van der Waals surface area contributed by atoms with Crippen molar-refractivity contribution in [1.29, 1.82) is 0 Å². The van der Waals surface area contributed by atoms with E-state index >= 15 is 0 Å². The molecule has 0 aliphatic carbocycles. The van der Waals surface area contributed by atoms with Crippen LogP contribution in [0.15, 0.2) is 6.07 Å². The largest absolute Gasteiger partial charge is 0.396 e. The second-order valence-corrected chi connectivity index (χ2v) is 2.73. The molecule has 3 nitrogen and oxygen atoms in total. The Kier molecular flexibility index (Phi) is 2.65. The quantitative estimate of drug-likeness (QED) is 0.694. The third kappa shape index (κ3) is 2.05. The maximum absolute atomic E-state index is 8.60. The van der Waals surface area contributed by atoms with E-state index in [0.717, 1.165) is 18.5 Å². The number of rotatable bonds is 3. The van der Waals surface area contributed by atoms with E-state index in [2.05, 4.69) is 11.2 Å². The van der Waals surface area contributed by atoms with Gasteiger partial charge in [-0.2, -0.15) is 5.10 Å². The Hall–Kier alpha value is -0.830. The van der Waals surface area contributed by atoms with Gasteiger partial charge in [-0.1, -0.05) is 0 Å². The lowest BCUT2D eigenvalue weighted by Gasteiger charge is -1.97. The second-order valence-electron chi connectivity index (χ2n) is 2.73. The summed E-state index contributed by atoms with van der Waals surface area (Å²) >= 11 is 0. The minimum Gasteiger partial charge on any atom is -0.396 e. The van der Waals surface area contributed by atoms with Gasteiger partial charge < -0.3 is 5.11 Å². The van der Waals surface area contributed by atoms with Crippen LogP contribution in [0.1, 0.15) is 17.8 Å². The maximum Gasteiger partial charge on any atom is 0.0596 e. The summed E-state index contributed by atoms with van der Waals surface area (Å²) in [6.45, 7) is 2.23. The standard InChI is InChI=1S/C8H14N2O/c1-7-6-8(4-3-5-11)10(2)9-7/h6,11H,3-5H2,1-2H3. The topological polar surface area (TPSA) is 38.0 Å². The van der Waals surface area contributed by atoms with Gasteiger partial charge in [0.1, 0.15) is 0 Å². The lowest BCUT2D eigenvalue weighted by atomic mass is 10.2. The normalized spacial score (nSPS) is 10.5. The molecule has 1 aromatic rings. The molecule has 11 heavy (non-hydrogen) atoms. The van der Waals surface area contributed by atoms with Crippen LogP contribution < -0.4 is 0 Å². The molecular weight excluding hydrogens is 140 g/mol. The van der Waals surface area contributed by atoms with Crippen LogP contribution >= 0.6 is 0 Å². The van der Waals surface area contributed by atoms with Crippen molar-refractivity contribution in [3.8, 4) is 0 Å². The van der Waals surface area contributed by atoms with Gasteiger partial charge in [-0.05, 0) is 25.8 Å². The van der Waals surface area contributed by atoms with Crippen molar-refractivity contribution >= 4 is 0 Å². The number of nitrogens with zero attached hydrogens (tertiary/aromatic N) is 2. The van der Waals surface area contributed by atoms with Gasteiger partial charge in [0.15, 0.2) is 0 Å². The number of hydrogen-bond donors (Lipinski definition) is 1. The first-order valence-electron chi connectivity index (χ1n) is 3.84.